The SMILES string of the molecule is c1cc(C2=NCc3ccnc(OC4CCOCC4)c32)cc(N2CCOCC2)c1. The maximum Gasteiger partial charge on any atom is 0.223 e. The van der Waals surface area contributed by atoms with Crippen molar-refractivity contribution in [3.63, 3.8) is 0 Å². The molecule has 2 saturated heterocycles. The Bertz CT molecular complexity index is 871. The molecule has 0 aliphatic carbocycles. The Morgan fingerprint density at radius 3 is 2.68 bits per heavy atom. The van der Waals surface area contributed by atoms with Gasteiger partial charge in [0.1, 0.15) is 6.10 Å². The number of ether oxygens (including phenoxy) is 3. The van der Waals surface area contributed by atoms with Crippen LogP contribution >= 0.6 is 0 Å². The minimum Gasteiger partial charge on any atom is -0.474 e. The molecule has 1 aromatic carbocycles. The van der Waals surface area contributed by atoms with Crippen LogP contribution in [-0.4, -0.2) is 56.3 Å². The average Bonchev–Trinajstić information content (AvgIpc) is 3.21. The van der Waals surface area contributed by atoms with Crippen LogP contribution in [0.1, 0.15) is 29.5 Å². The van der Waals surface area contributed by atoms with Gasteiger partial charge < -0.3 is 19.1 Å². The van der Waals surface area contributed by atoms with Crippen LogP contribution in [0.5, 0.6) is 5.88 Å². The Morgan fingerprint density at radius 2 is 1.82 bits per heavy atom. The van der Waals surface area contributed by atoms with E-state index in [4.69, 9.17) is 19.2 Å². The van der Waals surface area contributed by atoms with Crippen molar-refractivity contribution < 1.29 is 14.2 Å². The van der Waals surface area contributed by atoms with Crippen LogP contribution in [0.15, 0.2) is 41.5 Å². The molecule has 0 spiro atoms. The Labute approximate surface area is 165 Å². The molecule has 1 aromatic heterocycles. The normalized spacial score (nSPS) is 20.0. The third-order valence-electron chi connectivity index (χ3n) is 5.59. The van der Waals surface area contributed by atoms with Crippen LogP contribution in [0.25, 0.3) is 0 Å². The lowest BCUT2D eigenvalue weighted by Crippen LogP contribution is -2.36. The molecule has 0 atom stereocenters. The van der Waals surface area contributed by atoms with Gasteiger partial charge in [-0.1, -0.05) is 12.1 Å². The summed E-state index contributed by atoms with van der Waals surface area (Å²) in [5.41, 5.74) is 5.55. The van der Waals surface area contributed by atoms with Crippen LogP contribution in [0.2, 0.25) is 0 Å². The zero-order valence-electron chi connectivity index (χ0n) is 16.0. The van der Waals surface area contributed by atoms with Gasteiger partial charge in [0.15, 0.2) is 0 Å². The molecule has 4 heterocycles. The second-order valence-corrected chi connectivity index (χ2v) is 7.39. The summed E-state index contributed by atoms with van der Waals surface area (Å²) in [6, 6.07) is 10.7. The Hall–Kier alpha value is -2.44. The highest BCUT2D eigenvalue weighted by molar-refractivity contribution is 6.16. The van der Waals surface area contributed by atoms with E-state index in [1.54, 1.807) is 0 Å². The molecule has 2 fully saturated rings. The molecule has 3 aliphatic heterocycles. The van der Waals surface area contributed by atoms with Crippen molar-refractivity contribution in [1.82, 2.24) is 4.98 Å². The minimum atomic E-state index is 0.161. The summed E-state index contributed by atoms with van der Waals surface area (Å²) in [6.07, 6.45) is 3.81. The molecule has 0 amide bonds. The summed E-state index contributed by atoms with van der Waals surface area (Å²) >= 11 is 0. The maximum absolute atomic E-state index is 6.30. The van der Waals surface area contributed by atoms with Gasteiger partial charge in [0.25, 0.3) is 0 Å². The smallest absolute Gasteiger partial charge is 0.223 e. The number of rotatable bonds is 4. The lowest BCUT2D eigenvalue weighted by atomic mass is 10.0. The molecule has 6 heteroatoms. The maximum atomic E-state index is 6.30. The molecule has 28 heavy (non-hydrogen) atoms. The number of fused-ring (bicyclic) bond motifs is 1. The van der Waals surface area contributed by atoms with E-state index in [1.807, 2.05) is 6.20 Å². The van der Waals surface area contributed by atoms with Crippen LogP contribution in [0.3, 0.4) is 0 Å². The number of nitrogens with zero attached hydrogens (tertiary/aromatic N) is 3. The first-order chi connectivity index (χ1) is 13.9. The van der Waals surface area contributed by atoms with E-state index in [-0.39, 0.29) is 6.10 Å². The van der Waals surface area contributed by atoms with E-state index in [1.165, 1.54) is 11.3 Å². The second kappa shape index (κ2) is 7.89. The molecule has 5 rings (SSSR count). The Kier molecular flexibility index (Phi) is 4.97. The third kappa shape index (κ3) is 3.50. The summed E-state index contributed by atoms with van der Waals surface area (Å²) < 4.78 is 17.2. The lowest BCUT2D eigenvalue weighted by molar-refractivity contribution is 0.0236. The van der Waals surface area contributed by atoms with Crippen molar-refractivity contribution in [3.8, 4) is 5.88 Å². The monoisotopic (exact) mass is 379 g/mol. The number of benzene rings is 1. The lowest BCUT2D eigenvalue weighted by Gasteiger charge is -2.29. The molecule has 0 unspecified atom stereocenters. The van der Waals surface area contributed by atoms with Gasteiger partial charge in [0, 0.05) is 43.4 Å². The summed E-state index contributed by atoms with van der Waals surface area (Å²) in [4.78, 5) is 11.8. The molecule has 6 nitrogen and oxygen atoms in total. The van der Waals surface area contributed by atoms with Crippen molar-refractivity contribution in [2.45, 2.75) is 25.5 Å². The standard InChI is InChI=1S/C22H25N3O3/c1-2-16(14-18(3-1)25-8-12-27-13-9-25)21-20-17(15-24-21)4-7-23-22(20)28-19-5-10-26-11-6-19/h1-4,7,14,19H,5-6,8-13,15H2. The Morgan fingerprint density at radius 1 is 1.00 bits per heavy atom. The van der Waals surface area contributed by atoms with Crippen LogP contribution in [0.4, 0.5) is 5.69 Å². The molecule has 0 saturated carbocycles. The molecular weight excluding hydrogens is 354 g/mol. The fourth-order valence-electron chi connectivity index (χ4n) is 4.06. The highest BCUT2D eigenvalue weighted by Gasteiger charge is 2.26. The van der Waals surface area contributed by atoms with Crippen LogP contribution in [-0.2, 0) is 16.0 Å². The van der Waals surface area contributed by atoms with Gasteiger partial charge >= 0.3 is 0 Å². The number of hydrogen-bond donors (Lipinski definition) is 0. The van der Waals surface area contributed by atoms with Crippen LogP contribution in [0, 0.1) is 0 Å². The van der Waals surface area contributed by atoms with E-state index in [2.05, 4.69) is 40.2 Å². The molecule has 146 valence electrons. The zero-order chi connectivity index (χ0) is 18.8. The quantitative estimate of drug-likeness (QED) is 0.818. The van der Waals surface area contributed by atoms with Gasteiger partial charge in [0.2, 0.25) is 5.88 Å². The summed E-state index contributed by atoms with van der Waals surface area (Å²) in [5.74, 6) is 0.706. The number of aliphatic imine (C=N–C) groups is 1. The van der Waals surface area contributed by atoms with Gasteiger partial charge in [-0.25, -0.2) is 4.98 Å². The number of hydrogen-bond acceptors (Lipinski definition) is 6. The predicted octanol–water partition coefficient (Wildman–Crippen LogP) is 2.83. The highest BCUT2D eigenvalue weighted by Crippen LogP contribution is 2.32. The van der Waals surface area contributed by atoms with Gasteiger partial charge in [-0.05, 0) is 23.8 Å². The Balaban J connectivity index is 1.44. The van der Waals surface area contributed by atoms with Crippen molar-refractivity contribution in [3.05, 3.63) is 53.2 Å². The number of morpholine rings is 1. The molecular formula is C22H25N3O3. The molecule has 0 bridgehead atoms. The van der Waals surface area contributed by atoms with Crippen LogP contribution < -0.4 is 9.64 Å². The van der Waals surface area contributed by atoms with E-state index in [0.29, 0.717) is 12.4 Å². The molecule has 2 aromatic rings. The van der Waals surface area contributed by atoms with E-state index >= 15 is 0 Å². The largest absolute Gasteiger partial charge is 0.474 e. The third-order valence-corrected chi connectivity index (χ3v) is 5.59. The first kappa shape index (κ1) is 17.6. The predicted molar refractivity (Wildman–Crippen MR) is 108 cm³/mol. The summed E-state index contributed by atoms with van der Waals surface area (Å²) in [7, 11) is 0. The zero-order valence-corrected chi connectivity index (χ0v) is 16.0. The first-order valence-corrected chi connectivity index (χ1v) is 10.1. The molecule has 3 aliphatic rings. The van der Waals surface area contributed by atoms with Crippen molar-refractivity contribution in [2.24, 2.45) is 4.99 Å². The molecule has 0 radical (unpaired) electrons. The number of anilines is 1. The first-order valence-electron chi connectivity index (χ1n) is 10.1. The topological polar surface area (TPSA) is 56.2 Å². The molecule has 0 N–H and O–H groups in total. The minimum absolute atomic E-state index is 0.161. The number of aromatic nitrogens is 1. The second-order valence-electron chi connectivity index (χ2n) is 7.39. The number of pyridine rings is 1. The van der Waals surface area contributed by atoms with E-state index < -0.39 is 0 Å². The average molecular weight is 379 g/mol. The van der Waals surface area contributed by atoms with E-state index in [0.717, 1.165) is 69.2 Å². The summed E-state index contributed by atoms with van der Waals surface area (Å²) in [5, 5.41) is 0. The fourth-order valence-corrected chi connectivity index (χ4v) is 4.06. The van der Waals surface area contributed by atoms with Crippen molar-refractivity contribution >= 4 is 11.4 Å². The van der Waals surface area contributed by atoms with Gasteiger partial charge in [-0.15, -0.1) is 0 Å². The fraction of sp³-hybridized carbons (Fsp3) is 0.455. The van der Waals surface area contributed by atoms with Crippen molar-refractivity contribution in [1.29, 1.82) is 0 Å². The van der Waals surface area contributed by atoms with Crippen molar-refractivity contribution in [2.75, 3.05) is 44.4 Å². The summed E-state index contributed by atoms with van der Waals surface area (Å²) in [6.45, 7) is 5.59. The van der Waals surface area contributed by atoms with Gasteiger partial charge in [-0.3, -0.25) is 4.99 Å². The highest BCUT2D eigenvalue weighted by atomic mass is 16.5. The van der Waals surface area contributed by atoms with E-state index in [9.17, 15) is 0 Å². The van der Waals surface area contributed by atoms with Gasteiger partial charge in [-0.2, -0.15) is 0 Å². The van der Waals surface area contributed by atoms with Gasteiger partial charge in [0.05, 0.1) is 44.2 Å².